The Morgan fingerprint density at radius 3 is 2.30 bits per heavy atom. The molecule has 0 atom stereocenters. The molecule has 0 saturated carbocycles. The molecule has 1 heterocycles. The van der Waals surface area contributed by atoms with Gasteiger partial charge in [-0.25, -0.2) is 8.42 Å². The lowest BCUT2D eigenvalue weighted by Gasteiger charge is -1.85. The molecule has 0 aliphatic rings. The van der Waals surface area contributed by atoms with Crippen LogP contribution < -0.4 is 5.14 Å². The zero-order valence-corrected chi connectivity index (χ0v) is 6.92. The molecule has 5 heteroatoms. The molecule has 1 radical (unpaired) electrons. The summed E-state index contributed by atoms with van der Waals surface area (Å²) in [6, 6.07) is 3.13. The van der Waals surface area contributed by atoms with Gasteiger partial charge in [-0.1, -0.05) is 0 Å². The Bertz CT molecular complexity index is 325. The van der Waals surface area contributed by atoms with Crippen LogP contribution in [0.5, 0.6) is 0 Å². The first kappa shape index (κ1) is 7.71. The van der Waals surface area contributed by atoms with Crippen LogP contribution in [0.15, 0.2) is 16.3 Å². The summed E-state index contributed by atoms with van der Waals surface area (Å²) >= 11 is 1.12. The first-order valence-electron chi connectivity index (χ1n) is 2.56. The highest BCUT2D eigenvalue weighted by atomic mass is 32.2. The van der Waals surface area contributed by atoms with Crippen molar-refractivity contribution in [1.29, 1.82) is 0 Å². The fourth-order valence-corrected chi connectivity index (χ4v) is 2.23. The van der Waals surface area contributed by atoms with Gasteiger partial charge in [0.25, 0.3) is 10.0 Å². The molecule has 0 aliphatic carbocycles. The van der Waals surface area contributed by atoms with E-state index in [-0.39, 0.29) is 4.21 Å². The van der Waals surface area contributed by atoms with Crippen LogP contribution in [0.2, 0.25) is 0 Å². The summed E-state index contributed by atoms with van der Waals surface area (Å²) in [5, 5.41) is 6.67. The van der Waals surface area contributed by atoms with Crippen LogP contribution in [-0.2, 0) is 10.0 Å². The normalized spacial score (nSPS) is 11.8. The summed E-state index contributed by atoms with van der Waals surface area (Å²) in [6.45, 7) is 1.80. The van der Waals surface area contributed by atoms with Crippen molar-refractivity contribution in [1.82, 2.24) is 5.14 Å². The zero-order chi connectivity index (χ0) is 7.78. The molecule has 0 aliphatic heterocycles. The third kappa shape index (κ3) is 1.56. The summed E-state index contributed by atoms with van der Waals surface area (Å²) in [5.41, 5.74) is 0. The van der Waals surface area contributed by atoms with E-state index in [1.165, 1.54) is 6.07 Å². The lowest BCUT2D eigenvalue weighted by molar-refractivity contribution is 0.598. The van der Waals surface area contributed by atoms with Crippen molar-refractivity contribution in [2.24, 2.45) is 0 Å². The smallest absolute Gasteiger partial charge is 0.205 e. The Morgan fingerprint density at radius 1 is 1.50 bits per heavy atom. The van der Waals surface area contributed by atoms with Crippen molar-refractivity contribution >= 4 is 21.4 Å². The lowest BCUT2D eigenvalue weighted by Crippen LogP contribution is -1.96. The van der Waals surface area contributed by atoms with E-state index in [2.05, 4.69) is 0 Å². The molecular weight excluding hydrogens is 170 g/mol. The second-order valence-corrected chi connectivity index (χ2v) is 4.86. The quantitative estimate of drug-likeness (QED) is 0.641. The van der Waals surface area contributed by atoms with E-state index in [9.17, 15) is 8.42 Å². The topological polar surface area (TPSA) is 57.9 Å². The molecule has 10 heavy (non-hydrogen) atoms. The third-order valence-corrected chi connectivity index (χ3v) is 3.35. The van der Waals surface area contributed by atoms with E-state index >= 15 is 0 Å². The number of hydrogen-bond acceptors (Lipinski definition) is 3. The standard InChI is InChI=1S/C5H6NO2S2/c1-4-2-3-5(9-4)10(6,7)8/h2-3,6H,1H3. The van der Waals surface area contributed by atoms with Crippen molar-refractivity contribution in [3.63, 3.8) is 0 Å². The summed E-state index contributed by atoms with van der Waals surface area (Å²) in [6.07, 6.45) is 0. The molecule has 1 aromatic heterocycles. The van der Waals surface area contributed by atoms with Crippen LogP contribution in [0.3, 0.4) is 0 Å². The number of hydrogen-bond donors (Lipinski definition) is 0. The molecule has 0 unspecified atom stereocenters. The van der Waals surface area contributed by atoms with Crippen LogP contribution in [0.1, 0.15) is 4.88 Å². The molecule has 0 saturated heterocycles. The van der Waals surface area contributed by atoms with Gasteiger partial charge in [0.1, 0.15) is 4.21 Å². The highest BCUT2D eigenvalue weighted by molar-refractivity contribution is 7.91. The van der Waals surface area contributed by atoms with Crippen LogP contribution >= 0.6 is 11.3 Å². The Balaban J connectivity index is 3.21. The summed E-state index contributed by atoms with van der Waals surface area (Å²) in [5.74, 6) is 0. The van der Waals surface area contributed by atoms with Crippen LogP contribution in [-0.4, -0.2) is 8.42 Å². The van der Waals surface area contributed by atoms with E-state index < -0.39 is 10.0 Å². The fourth-order valence-electron chi connectivity index (χ4n) is 0.557. The molecule has 0 aromatic carbocycles. The number of sulfonamides is 1. The summed E-state index contributed by atoms with van der Waals surface area (Å²) in [7, 11) is -3.71. The van der Waals surface area contributed by atoms with Gasteiger partial charge in [0, 0.05) is 4.88 Å². The molecule has 55 valence electrons. The van der Waals surface area contributed by atoms with Gasteiger partial charge in [0.15, 0.2) is 0 Å². The summed E-state index contributed by atoms with van der Waals surface area (Å²) in [4.78, 5) is 0.908. The number of thiophene rings is 1. The Hall–Kier alpha value is -0.390. The predicted molar refractivity (Wildman–Crippen MR) is 39.3 cm³/mol. The van der Waals surface area contributed by atoms with Crippen LogP contribution in [0.25, 0.3) is 0 Å². The number of rotatable bonds is 1. The van der Waals surface area contributed by atoms with Gasteiger partial charge < -0.3 is 0 Å². The molecule has 1 aromatic rings. The number of aryl methyl sites for hydroxylation is 1. The highest BCUT2D eigenvalue weighted by Gasteiger charge is 2.09. The lowest BCUT2D eigenvalue weighted by atomic mass is 10.5. The van der Waals surface area contributed by atoms with Crippen LogP contribution in [0, 0.1) is 6.92 Å². The monoisotopic (exact) mass is 176 g/mol. The maximum absolute atomic E-state index is 10.5. The van der Waals surface area contributed by atoms with E-state index in [4.69, 9.17) is 5.14 Å². The molecule has 3 nitrogen and oxygen atoms in total. The van der Waals surface area contributed by atoms with Crippen molar-refractivity contribution in [2.75, 3.05) is 0 Å². The van der Waals surface area contributed by atoms with Crippen molar-refractivity contribution < 1.29 is 8.42 Å². The predicted octanol–water partition coefficient (Wildman–Crippen LogP) is 1.03. The van der Waals surface area contributed by atoms with Crippen molar-refractivity contribution in [3.05, 3.63) is 17.0 Å². The average Bonchev–Trinajstić information content (AvgIpc) is 2.11. The zero-order valence-electron chi connectivity index (χ0n) is 5.29. The van der Waals surface area contributed by atoms with Crippen LogP contribution in [0.4, 0.5) is 0 Å². The Kier molecular flexibility index (Phi) is 1.80. The maximum Gasteiger partial charge on any atom is 0.263 e. The van der Waals surface area contributed by atoms with Crippen molar-refractivity contribution in [2.45, 2.75) is 11.1 Å². The molecule has 0 fully saturated rings. The molecule has 1 N–H and O–H groups in total. The minimum Gasteiger partial charge on any atom is -0.205 e. The molecule has 0 spiro atoms. The van der Waals surface area contributed by atoms with E-state index in [1.54, 1.807) is 13.0 Å². The van der Waals surface area contributed by atoms with Gasteiger partial charge in [-0.15, -0.1) is 16.5 Å². The molecule has 1 rings (SSSR count). The minimum absolute atomic E-state index is 0.116. The van der Waals surface area contributed by atoms with Gasteiger partial charge in [-0.05, 0) is 19.1 Å². The Labute approximate surface area is 63.5 Å². The van der Waals surface area contributed by atoms with Gasteiger partial charge in [0.05, 0.1) is 0 Å². The van der Waals surface area contributed by atoms with Gasteiger partial charge in [-0.2, -0.15) is 0 Å². The van der Waals surface area contributed by atoms with Gasteiger partial charge in [-0.3, -0.25) is 0 Å². The number of nitrogens with one attached hydrogen (secondary N) is 1. The largest absolute Gasteiger partial charge is 0.263 e. The highest BCUT2D eigenvalue weighted by Crippen LogP contribution is 2.19. The second-order valence-electron chi connectivity index (χ2n) is 1.87. The summed E-state index contributed by atoms with van der Waals surface area (Å²) < 4.78 is 21.2. The van der Waals surface area contributed by atoms with Gasteiger partial charge >= 0.3 is 0 Å². The first-order valence-corrected chi connectivity index (χ1v) is 4.86. The second kappa shape index (κ2) is 2.34. The van der Waals surface area contributed by atoms with E-state index in [1.807, 2.05) is 0 Å². The van der Waals surface area contributed by atoms with E-state index in [0.717, 1.165) is 16.2 Å². The molecule has 0 amide bonds. The maximum atomic E-state index is 10.5. The minimum atomic E-state index is -3.71. The fraction of sp³-hybridized carbons (Fsp3) is 0.200. The first-order chi connectivity index (χ1) is 4.50. The molecule has 0 bridgehead atoms. The third-order valence-electron chi connectivity index (χ3n) is 0.981. The van der Waals surface area contributed by atoms with Gasteiger partial charge in [0.2, 0.25) is 0 Å². The van der Waals surface area contributed by atoms with Crippen molar-refractivity contribution in [3.8, 4) is 0 Å². The Morgan fingerprint density at radius 2 is 2.10 bits per heavy atom. The SMILES string of the molecule is Cc1ccc(S([NH])(=O)=O)s1. The average molecular weight is 176 g/mol. The molecular formula is C5H6NO2S2. The van der Waals surface area contributed by atoms with E-state index in [0.29, 0.717) is 0 Å².